The molecule has 3 heterocycles. The van der Waals surface area contributed by atoms with Gasteiger partial charge in [0.25, 0.3) is 0 Å². The Morgan fingerprint density at radius 2 is 1.93 bits per heavy atom. The minimum absolute atomic E-state index is 0. The third-order valence-electron chi connectivity index (χ3n) is 5.33. The monoisotopic (exact) mass is 415 g/mol. The van der Waals surface area contributed by atoms with Gasteiger partial charge in [-0.25, -0.2) is 4.39 Å². The molecular formula is C19H18ClF4N3O. The summed E-state index contributed by atoms with van der Waals surface area (Å²) in [5, 5.41) is 6.16. The lowest BCUT2D eigenvalue weighted by molar-refractivity contribution is -0.137. The van der Waals surface area contributed by atoms with Crippen molar-refractivity contribution in [3.8, 4) is 11.1 Å². The highest BCUT2D eigenvalue weighted by Crippen LogP contribution is 2.38. The molecule has 1 aromatic heterocycles. The summed E-state index contributed by atoms with van der Waals surface area (Å²) in [6, 6.07) is 5.56. The van der Waals surface area contributed by atoms with E-state index < -0.39 is 23.1 Å². The number of nitrogens with zero attached hydrogens (tertiary/aromatic N) is 1. The molecule has 4 nitrogen and oxygen atoms in total. The molecule has 0 aliphatic carbocycles. The van der Waals surface area contributed by atoms with Gasteiger partial charge in [-0.2, -0.15) is 13.2 Å². The highest BCUT2D eigenvalue weighted by Gasteiger charge is 2.48. The summed E-state index contributed by atoms with van der Waals surface area (Å²) in [7, 11) is 0. The third kappa shape index (κ3) is 3.58. The summed E-state index contributed by atoms with van der Waals surface area (Å²) in [6.07, 6.45) is -0.991. The molecule has 2 aliphatic heterocycles. The van der Waals surface area contributed by atoms with Gasteiger partial charge in [0.05, 0.1) is 17.3 Å². The molecule has 1 spiro atoms. The predicted octanol–water partition coefficient (Wildman–Crippen LogP) is 4.01. The first-order valence-electron chi connectivity index (χ1n) is 8.68. The van der Waals surface area contributed by atoms with E-state index in [9.17, 15) is 22.4 Å². The van der Waals surface area contributed by atoms with Crippen molar-refractivity contribution in [1.82, 2.24) is 15.6 Å². The van der Waals surface area contributed by atoms with Crippen LogP contribution in [0.2, 0.25) is 0 Å². The first-order chi connectivity index (χ1) is 12.8. The van der Waals surface area contributed by atoms with Crippen LogP contribution in [0.15, 0.2) is 36.5 Å². The number of carbonyl (C=O) groups excluding carboxylic acids is 1. The van der Waals surface area contributed by atoms with Gasteiger partial charge in [0.1, 0.15) is 11.4 Å². The van der Waals surface area contributed by atoms with Crippen LogP contribution >= 0.6 is 12.4 Å². The maximum Gasteiger partial charge on any atom is 0.416 e. The Morgan fingerprint density at radius 3 is 2.57 bits per heavy atom. The molecule has 2 N–H and O–H groups in total. The fraction of sp³-hybridized carbons (Fsp3) is 0.368. The molecule has 9 heteroatoms. The quantitative estimate of drug-likeness (QED) is 0.729. The number of halogens is 5. The second kappa shape index (κ2) is 7.33. The van der Waals surface area contributed by atoms with Crippen LogP contribution in [0.1, 0.15) is 36.6 Å². The lowest BCUT2D eigenvalue weighted by atomic mass is 9.96. The molecule has 1 amide bonds. The van der Waals surface area contributed by atoms with E-state index >= 15 is 0 Å². The second-order valence-corrected chi connectivity index (χ2v) is 6.99. The number of carbonyl (C=O) groups is 1. The zero-order valence-corrected chi connectivity index (χ0v) is 15.5. The highest BCUT2D eigenvalue weighted by molar-refractivity contribution is 5.88. The first kappa shape index (κ1) is 20.5. The van der Waals surface area contributed by atoms with E-state index in [1.165, 1.54) is 6.20 Å². The summed E-state index contributed by atoms with van der Waals surface area (Å²) in [5.41, 5.74) is -0.432. The van der Waals surface area contributed by atoms with Crippen molar-refractivity contribution in [1.29, 1.82) is 0 Å². The van der Waals surface area contributed by atoms with Gasteiger partial charge in [0.15, 0.2) is 0 Å². The Kier molecular flexibility index (Phi) is 5.38. The fourth-order valence-corrected chi connectivity index (χ4v) is 3.87. The van der Waals surface area contributed by atoms with E-state index in [1.807, 2.05) is 0 Å². The van der Waals surface area contributed by atoms with Crippen LogP contribution in [0.25, 0.3) is 11.1 Å². The Labute approximate surface area is 165 Å². The Balaban J connectivity index is 0.00000225. The number of hydrogen-bond acceptors (Lipinski definition) is 3. The standard InChI is InChI=1S/C19H17F4N3O.ClH/c20-14-10-12(19(21,22)23)1-2-13(14)11-4-7-24-16(9-11)15-3-5-18(26-15)6-8-25-17(18)27;/h1-2,4,7,9-10,15,26H,3,5-6,8H2,(H,25,27);1H/t15-,18+;/m1./s1. The van der Waals surface area contributed by atoms with E-state index in [1.54, 1.807) is 12.1 Å². The van der Waals surface area contributed by atoms with Crippen molar-refractivity contribution in [3.05, 3.63) is 53.6 Å². The number of amides is 1. The smallest absolute Gasteiger partial charge is 0.354 e. The minimum Gasteiger partial charge on any atom is -0.354 e. The van der Waals surface area contributed by atoms with Crippen molar-refractivity contribution in [2.75, 3.05) is 6.54 Å². The molecular weight excluding hydrogens is 398 g/mol. The number of benzene rings is 1. The van der Waals surface area contributed by atoms with E-state index in [2.05, 4.69) is 15.6 Å². The average Bonchev–Trinajstić information content (AvgIpc) is 3.22. The van der Waals surface area contributed by atoms with Gasteiger partial charge in [-0.15, -0.1) is 12.4 Å². The van der Waals surface area contributed by atoms with Gasteiger partial charge in [-0.1, -0.05) is 6.07 Å². The maximum absolute atomic E-state index is 14.3. The Hall–Kier alpha value is -2.19. The fourth-order valence-electron chi connectivity index (χ4n) is 3.87. The number of pyridine rings is 1. The zero-order chi connectivity index (χ0) is 19.2. The van der Waals surface area contributed by atoms with Crippen molar-refractivity contribution in [2.45, 2.75) is 37.0 Å². The van der Waals surface area contributed by atoms with Crippen LogP contribution in [-0.4, -0.2) is 23.0 Å². The molecule has 0 unspecified atom stereocenters. The van der Waals surface area contributed by atoms with Crippen molar-refractivity contribution >= 4 is 18.3 Å². The third-order valence-corrected chi connectivity index (χ3v) is 5.33. The summed E-state index contributed by atoms with van der Waals surface area (Å²) in [6.45, 7) is 0.628. The molecule has 4 rings (SSSR count). The van der Waals surface area contributed by atoms with E-state index in [-0.39, 0.29) is 29.9 Å². The van der Waals surface area contributed by atoms with Crippen LogP contribution in [-0.2, 0) is 11.0 Å². The van der Waals surface area contributed by atoms with Gasteiger partial charge in [-0.3, -0.25) is 15.1 Å². The molecule has 150 valence electrons. The highest BCUT2D eigenvalue weighted by atomic mass is 35.5. The Morgan fingerprint density at radius 1 is 1.14 bits per heavy atom. The summed E-state index contributed by atoms with van der Waals surface area (Å²) in [5.74, 6) is -0.956. The van der Waals surface area contributed by atoms with Gasteiger partial charge < -0.3 is 5.32 Å². The number of rotatable bonds is 2. The first-order valence-corrected chi connectivity index (χ1v) is 8.68. The predicted molar refractivity (Wildman–Crippen MR) is 97.3 cm³/mol. The minimum atomic E-state index is -4.59. The van der Waals surface area contributed by atoms with Crippen molar-refractivity contribution < 1.29 is 22.4 Å². The summed E-state index contributed by atoms with van der Waals surface area (Å²) in [4.78, 5) is 16.4. The van der Waals surface area contributed by atoms with Crippen LogP contribution < -0.4 is 10.6 Å². The summed E-state index contributed by atoms with van der Waals surface area (Å²) < 4.78 is 52.5. The molecule has 28 heavy (non-hydrogen) atoms. The number of hydrogen-bond donors (Lipinski definition) is 2. The Bertz CT molecular complexity index is 905. The maximum atomic E-state index is 14.3. The van der Waals surface area contributed by atoms with Crippen LogP contribution in [0.5, 0.6) is 0 Å². The van der Waals surface area contributed by atoms with Gasteiger partial charge >= 0.3 is 6.18 Å². The summed E-state index contributed by atoms with van der Waals surface area (Å²) >= 11 is 0. The molecule has 1 aromatic carbocycles. The number of alkyl halides is 3. The van der Waals surface area contributed by atoms with Crippen LogP contribution in [0.3, 0.4) is 0 Å². The molecule has 2 saturated heterocycles. The molecule has 2 atom stereocenters. The van der Waals surface area contributed by atoms with Gasteiger partial charge in [0.2, 0.25) is 5.91 Å². The molecule has 0 bridgehead atoms. The zero-order valence-electron chi connectivity index (χ0n) is 14.6. The topological polar surface area (TPSA) is 54.0 Å². The number of nitrogens with one attached hydrogen (secondary N) is 2. The molecule has 2 aliphatic rings. The van der Waals surface area contributed by atoms with Gasteiger partial charge in [0, 0.05) is 18.3 Å². The number of aromatic nitrogens is 1. The van der Waals surface area contributed by atoms with Crippen molar-refractivity contribution in [3.63, 3.8) is 0 Å². The van der Waals surface area contributed by atoms with E-state index in [0.29, 0.717) is 43.1 Å². The molecule has 0 saturated carbocycles. The second-order valence-electron chi connectivity index (χ2n) is 6.99. The van der Waals surface area contributed by atoms with Crippen LogP contribution in [0, 0.1) is 5.82 Å². The molecule has 2 fully saturated rings. The van der Waals surface area contributed by atoms with Gasteiger partial charge in [-0.05, 0) is 49.1 Å². The van der Waals surface area contributed by atoms with Crippen LogP contribution in [0.4, 0.5) is 17.6 Å². The van der Waals surface area contributed by atoms with E-state index in [0.717, 1.165) is 12.1 Å². The van der Waals surface area contributed by atoms with Crippen molar-refractivity contribution in [2.24, 2.45) is 0 Å². The average molecular weight is 416 g/mol. The molecule has 2 aromatic rings. The lowest BCUT2D eigenvalue weighted by Gasteiger charge is -2.21. The SMILES string of the molecule is Cl.O=C1NCC[C@@]12CC[C@H](c1cc(-c3ccc(C(F)(F)F)cc3F)ccn1)N2. The lowest BCUT2D eigenvalue weighted by Crippen LogP contribution is -2.47. The van der Waals surface area contributed by atoms with E-state index in [4.69, 9.17) is 0 Å². The largest absolute Gasteiger partial charge is 0.416 e. The normalized spacial score (nSPS) is 24.3. The molecule has 0 radical (unpaired) electrons.